The molecule has 0 spiro atoms. The quantitative estimate of drug-likeness (QED) is 0.376. The third-order valence-corrected chi connectivity index (χ3v) is 2.63. The van der Waals surface area contributed by atoms with Crippen LogP contribution in [0.4, 0.5) is 0 Å². The van der Waals surface area contributed by atoms with Crippen molar-refractivity contribution in [2.75, 3.05) is 47.5 Å². The monoisotopic (exact) mass is 310 g/mol. The SMILES string of the molecule is COCCNC(=O)CN(C)CC(Br)C(=O)OC. The summed E-state index contributed by atoms with van der Waals surface area (Å²) in [6, 6.07) is 0. The zero-order chi connectivity index (χ0) is 13.3. The maximum Gasteiger partial charge on any atom is 0.320 e. The van der Waals surface area contributed by atoms with E-state index >= 15 is 0 Å². The first-order valence-electron chi connectivity index (χ1n) is 5.17. The highest BCUT2D eigenvalue weighted by molar-refractivity contribution is 9.10. The van der Waals surface area contributed by atoms with E-state index in [9.17, 15) is 9.59 Å². The van der Waals surface area contributed by atoms with Gasteiger partial charge in [-0.15, -0.1) is 0 Å². The molecule has 0 aromatic carbocycles. The molecule has 0 rings (SSSR count). The number of ether oxygens (including phenoxy) is 2. The Balaban J connectivity index is 3.80. The number of halogens is 1. The van der Waals surface area contributed by atoms with Crippen LogP contribution in [0.25, 0.3) is 0 Å². The Hall–Kier alpha value is -0.660. The molecular formula is C10H19BrN2O4. The topological polar surface area (TPSA) is 67.9 Å². The van der Waals surface area contributed by atoms with Crippen LogP contribution in [0.15, 0.2) is 0 Å². The number of nitrogens with zero attached hydrogens (tertiary/aromatic N) is 1. The fourth-order valence-electron chi connectivity index (χ4n) is 1.13. The third kappa shape index (κ3) is 8.12. The Morgan fingerprint density at radius 2 is 2.06 bits per heavy atom. The molecule has 0 aromatic heterocycles. The van der Waals surface area contributed by atoms with Gasteiger partial charge in [-0.05, 0) is 7.05 Å². The van der Waals surface area contributed by atoms with Gasteiger partial charge < -0.3 is 14.8 Å². The number of alkyl halides is 1. The molecule has 0 radical (unpaired) electrons. The maximum atomic E-state index is 11.4. The Kier molecular flexibility index (Phi) is 9.01. The van der Waals surface area contributed by atoms with E-state index in [0.29, 0.717) is 19.7 Å². The van der Waals surface area contributed by atoms with Crippen molar-refractivity contribution in [3.63, 3.8) is 0 Å². The van der Waals surface area contributed by atoms with Crippen molar-refractivity contribution in [1.29, 1.82) is 0 Å². The summed E-state index contributed by atoms with van der Waals surface area (Å²) in [7, 11) is 4.66. The normalized spacial score (nSPS) is 12.3. The molecule has 0 bridgehead atoms. The van der Waals surface area contributed by atoms with Gasteiger partial charge in [0.2, 0.25) is 5.91 Å². The van der Waals surface area contributed by atoms with E-state index in [0.717, 1.165) is 0 Å². The fourth-order valence-corrected chi connectivity index (χ4v) is 1.82. The Morgan fingerprint density at radius 3 is 2.59 bits per heavy atom. The lowest BCUT2D eigenvalue weighted by atomic mass is 10.4. The molecule has 0 aromatic rings. The summed E-state index contributed by atoms with van der Waals surface area (Å²) in [6.45, 7) is 1.60. The van der Waals surface area contributed by atoms with Gasteiger partial charge in [0.05, 0.1) is 20.3 Å². The van der Waals surface area contributed by atoms with Crippen LogP contribution >= 0.6 is 15.9 Å². The summed E-state index contributed by atoms with van der Waals surface area (Å²) in [4.78, 5) is 23.8. The van der Waals surface area contributed by atoms with E-state index in [-0.39, 0.29) is 18.4 Å². The second kappa shape index (κ2) is 9.38. The van der Waals surface area contributed by atoms with Crippen molar-refractivity contribution >= 4 is 27.8 Å². The van der Waals surface area contributed by atoms with Crippen LogP contribution in [0.5, 0.6) is 0 Å². The summed E-state index contributed by atoms with van der Waals surface area (Å²) >= 11 is 3.19. The van der Waals surface area contributed by atoms with Gasteiger partial charge >= 0.3 is 5.97 Å². The molecule has 7 heteroatoms. The molecule has 17 heavy (non-hydrogen) atoms. The van der Waals surface area contributed by atoms with E-state index in [1.807, 2.05) is 0 Å². The lowest BCUT2D eigenvalue weighted by Gasteiger charge is -2.18. The molecule has 0 fully saturated rings. The molecule has 6 nitrogen and oxygen atoms in total. The summed E-state index contributed by atoms with van der Waals surface area (Å²) < 4.78 is 9.38. The molecule has 0 aliphatic carbocycles. The van der Waals surface area contributed by atoms with Crippen molar-refractivity contribution in [3.8, 4) is 0 Å². The number of hydrogen-bond donors (Lipinski definition) is 1. The highest BCUT2D eigenvalue weighted by Crippen LogP contribution is 2.03. The van der Waals surface area contributed by atoms with Gasteiger partial charge in [0.25, 0.3) is 0 Å². The number of nitrogens with one attached hydrogen (secondary N) is 1. The average molecular weight is 311 g/mol. The molecule has 0 aliphatic rings. The van der Waals surface area contributed by atoms with E-state index in [4.69, 9.17) is 4.74 Å². The molecule has 0 aliphatic heterocycles. The van der Waals surface area contributed by atoms with Crippen molar-refractivity contribution < 1.29 is 19.1 Å². The molecule has 1 unspecified atom stereocenters. The number of methoxy groups -OCH3 is 2. The van der Waals surface area contributed by atoms with E-state index in [1.54, 1.807) is 19.1 Å². The molecule has 0 saturated carbocycles. The summed E-state index contributed by atoms with van der Waals surface area (Å²) in [5.74, 6) is -0.453. The second-order valence-corrected chi connectivity index (χ2v) is 4.64. The van der Waals surface area contributed by atoms with Crippen LogP contribution in [-0.4, -0.2) is 69.1 Å². The molecule has 100 valence electrons. The van der Waals surface area contributed by atoms with Gasteiger partial charge in [0.15, 0.2) is 0 Å². The summed E-state index contributed by atoms with van der Waals surface area (Å²) in [5.41, 5.74) is 0. The van der Waals surface area contributed by atoms with Gasteiger partial charge in [0.1, 0.15) is 4.83 Å². The van der Waals surface area contributed by atoms with Gasteiger partial charge in [-0.1, -0.05) is 15.9 Å². The molecule has 1 N–H and O–H groups in total. The Bertz CT molecular complexity index is 250. The lowest BCUT2D eigenvalue weighted by molar-refractivity contribution is -0.140. The molecular weight excluding hydrogens is 292 g/mol. The number of hydrogen-bond acceptors (Lipinski definition) is 5. The standard InChI is InChI=1S/C10H19BrN2O4/c1-13(6-8(11)10(15)17-3)7-9(14)12-4-5-16-2/h8H,4-7H2,1-3H3,(H,12,14). The maximum absolute atomic E-state index is 11.4. The number of carbonyl (C=O) groups excluding carboxylic acids is 2. The third-order valence-electron chi connectivity index (χ3n) is 1.97. The zero-order valence-electron chi connectivity index (χ0n) is 10.4. The lowest BCUT2D eigenvalue weighted by Crippen LogP contribution is -2.40. The largest absolute Gasteiger partial charge is 0.468 e. The predicted molar refractivity (Wildman–Crippen MR) is 67.1 cm³/mol. The first-order valence-corrected chi connectivity index (χ1v) is 6.09. The minimum Gasteiger partial charge on any atom is -0.468 e. The Morgan fingerprint density at radius 1 is 1.41 bits per heavy atom. The minimum absolute atomic E-state index is 0.103. The highest BCUT2D eigenvalue weighted by atomic mass is 79.9. The summed E-state index contributed by atoms with van der Waals surface area (Å²) in [5, 5.41) is 2.69. The highest BCUT2D eigenvalue weighted by Gasteiger charge is 2.18. The summed E-state index contributed by atoms with van der Waals surface area (Å²) in [6.07, 6.45) is 0. The number of rotatable bonds is 8. The zero-order valence-corrected chi connectivity index (χ0v) is 11.9. The van der Waals surface area contributed by atoms with Gasteiger partial charge in [-0.25, -0.2) is 0 Å². The van der Waals surface area contributed by atoms with Crippen molar-refractivity contribution in [3.05, 3.63) is 0 Å². The fraction of sp³-hybridized carbons (Fsp3) is 0.800. The van der Waals surface area contributed by atoms with Crippen molar-refractivity contribution in [1.82, 2.24) is 10.2 Å². The average Bonchev–Trinajstić information content (AvgIpc) is 2.27. The van der Waals surface area contributed by atoms with Crippen LogP contribution in [0.2, 0.25) is 0 Å². The molecule has 0 saturated heterocycles. The van der Waals surface area contributed by atoms with Crippen molar-refractivity contribution in [2.24, 2.45) is 0 Å². The first-order chi connectivity index (χ1) is 8.01. The van der Waals surface area contributed by atoms with E-state index in [1.165, 1.54) is 7.11 Å². The van der Waals surface area contributed by atoms with E-state index < -0.39 is 4.83 Å². The molecule has 1 amide bonds. The van der Waals surface area contributed by atoms with Crippen molar-refractivity contribution in [2.45, 2.75) is 4.83 Å². The second-order valence-electron chi connectivity index (χ2n) is 3.53. The van der Waals surface area contributed by atoms with Crippen LogP contribution in [-0.2, 0) is 19.1 Å². The molecule has 0 heterocycles. The number of carbonyl (C=O) groups is 2. The van der Waals surface area contributed by atoms with Gasteiger partial charge in [-0.2, -0.15) is 0 Å². The Labute approximate surface area is 110 Å². The minimum atomic E-state index is -0.427. The number of amides is 1. The van der Waals surface area contributed by atoms with Gasteiger partial charge in [-0.3, -0.25) is 14.5 Å². The van der Waals surface area contributed by atoms with Crippen LogP contribution in [0, 0.1) is 0 Å². The number of esters is 1. The van der Waals surface area contributed by atoms with E-state index in [2.05, 4.69) is 26.0 Å². The van der Waals surface area contributed by atoms with Crippen LogP contribution < -0.4 is 5.32 Å². The number of likely N-dealkylation sites (N-methyl/N-ethyl adjacent to an activating group) is 1. The molecule has 1 atom stereocenters. The van der Waals surface area contributed by atoms with Crippen LogP contribution in [0.1, 0.15) is 0 Å². The first kappa shape index (κ1) is 16.3. The predicted octanol–water partition coefficient (Wildman–Crippen LogP) is -0.383. The van der Waals surface area contributed by atoms with Crippen LogP contribution in [0.3, 0.4) is 0 Å². The van der Waals surface area contributed by atoms with Gasteiger partial charge in [0, 0.05) is 20.2 Å². The smallest absolute Gasteiger partial charge is 0.320 e.